The van der Waals surface area contributed by atoms with Crippen molar-refractivity contribution in [3.8, 4) is 0 Å². The summed E-state index contributed by atoms with van der Waals surface area (Å²) in [5, 5.41) is 0. The Kier molecular flexibility index (Phi) is 44.4. The van der Waals surface area contributed by atoms with Gasteiger partial charge in [0.15, 0.2) is 6.10 Å². The zero-order valence-corrected chi connectivity index (χ0v) is 37.9. The summed E-state index contributed by atoms with van der Waals surface area (Å²) >= 11 is 0. The largest absolute Gasteiger partial charge is 0.462 e. The van der Waals surface area contributed by atoms with Gasteiger partial charge in [0.05, 0.1) is 0 Å². The van der Waals surface area contributed by atoms with Crippen LogP contribution in [0.2, 0.25) is 0 Å². The van der Waals surface area contributed by atoms with E-state index < -0.39 is 6.10 Å². The van der Waals surface area contributed by atoms with Gasteiger partial charge in [-0.15, -0.1) is 0 Å². The van der Waals surface area contributed by atoms with Crippen molar-refractivity contribution < 1.29 is 28.6 Å². The predicted octanol–water partition coefficient (Wildman–Crippen LogP) is 15.8. The number of allylic oxidation sites excluding steroid dienone is 6. The molecule has 0 amide bonds. The van der Waals surface area contributed by atoms with Gasteiger partial charge in [-0.05, 0) is 77.0 Å². The van der Waals surface area contributed by atoms with Crippen LogP contribution < -0.4 is 0 Å². The Balaban J connectivity index is 4.37. The van der Waals surface area contributed by atoms with Gasteiger partial charge in [-0.2, -0.15) is 0 Å². The number of rotatable bonds is 44. The second-order valence-corrected chi connectivity index (χ2v) is 16.4. The zero-order valence-electron chi connectivity index (χ0n) is 37.9. The van der Waals surface area contributed by atoms with Gasteiger partial charge in [0.2, 0.25) is 0 Å². The lowest BCUT2D eigenvalue weighted by Gasteiger charge is -2.18. The van der Waals surface area contributed by atoms with E-state index in [1.54, 1.807) is 0 Å². The Morgan fingerprint density at radius 1 is 0.351 bits per heavy atom. The van der Waals surface area contributed by atoms with E-state index in [2.05, 4.69) is 57.2 Å². The summed E-state index contributed by atoms with van der Waals surface area (Å²) < 4.78 is 16.7. The van der Waals surface area contributed by atoms with Crippen LogP contribution in [0.15, 0.2) is 36.5 Å². The van der Waals surface area contributed by atoms with Crippen molar-refractivity contribution in [2.75, 3.05) is 13.2 Å². The molecule has 0 aromatic rings. The van der Waals surface area contributed by atoms with Crippen molar-refractivity contribution in [2.24, 2.45) is 0 Å². The Labute approximate surface area is 353 Å². The molecule has 1 atom stereocenters. The lowest BCUT2D eigenvalue weighted by molar-refractivity contribution is -0.167. The number of unbranched alkanes of at least 4 members (excludes halogenated alkanes) is 27. The Morgan fingerprint density at radius 2 is 0.632 bits per heavy atom. The van der Waals surface area contributed by atoms with Crippen LogP contribution in [-0.2, 0) is 28.6 Å². The molecule has 0 aromatic carbocycles. The average Bonchev–Trinajstić information content (AvgIpc) is 3.21. The molecule has 0 radical (unpaired) electrons. The second-order valence-electron chi connectivity index (χ2n) is 16.4. The first-order valence-electron chi connectivity index (χ1n) is 24.5. The molecule has 0 aliphatic heterocycles. The van der Waals surface area contributed by atoms with E-state index in [4.69, 9.17) is 14.2 Å². The smallest absolute Gasteiger partial charge is 0.306 e. The molecule has 6 nitrogen and oxygen atoms in total. The van der Waals surface area contributed by atoms with Crippen LogP contribution in [0.5, 0.6) is 0 Å². The van der Waals surface area contributed by atoms with Crippen molar-refractivity contribution >= 4 is 17.9 Å². The third-order valence-corrected chi connectivity index (χ3v) is 10.6. The fourth-order valence-corrected chi connectivity index (χ4v) is 6.88. The van der Waals surface area contributed by atoms with E-state index >= 15 is 0 Å². The summed E-state index contributed by atoms with van der Waals surface area (Å²) in [4.78, 5) is 37.8. The molecule has 0 N–H and O–H groups in total. The maximum atomic E-state index is 12.7. The summed E-state index contributed by atoms with van der Waals surface area (Å²) in [6, 6.07) is 0. The molecule has 0 heterocycles. The molecule has 0 aliphatic carbocycles. The van der Waals surface area contributed by atoms with Crippen molar-refractivity contribution in [1.29, 1.82) is 0 Å². The van der Waals surface area contributed by atoms with Crippen molar-refractivity contribution in [3.05, 3.63) is 36.5 Å². The van der Waals surface area contributed by atoms with Crippen molar-refractivity contribution in [3.63, 3.8) is 0 Å². The predicted molar refractivity (Wildman–Crippen MR) is 242 cm³/mol. The molecule has 0 fully saturated rings. The van der Waals surface area contributed by atoms with E-state index in [0.717, 1.165) is 89.9 Å². The fraction of sp³-hybridized carbons (Fsp3) is 0.824. The summed E-state index contributed by atoms with van der Waals surface area (Å²) in [5.41, 5.74) is 0. The number of ether oxygens (including phenoxy) is 3. The summed E-state index contributed by atoms with van der Waals surface area (Å²) in [6.07, 6.45) is 52.6. The molecule has 1 unspecified atom stereocenters. The van der Waals surface area contributed by atoms with E-state index in [-0.39, 0.29) is 31.1 Å². The van der Waals surface area contributed by atoms with Crippen molar-refractivity contribution in [2.45, 2.75) is 258 Å². The Hall–Kier alpha value is -2.37. The fourth-order valence-electron chi connectivity index (χ4n) is 6.88. The van der Waals surface area contributed by atoms with Crippen LogP contribution in [0.1, 0.15) is 252 Å². The molecule has 0 spiro atoms. The standard InChI is InChI=1S/C51H92O6/c1-4-7-10-13-16-19-22-24-25-26-28-29-32-35-38-41-44-50(53)56-47-48(46-55-49(52)43-40-37-34-31-21-18-15-12-9-6-3)57-51(54)45-42-39-36-33-30-27-23-20-17-14-11-8-5-2/h19-20,22-23,25-26,48H,4-18,21,24,27-47H2,1-3H3/b22-19-,23-20-,26-25-. The molecule has 0 rings (SSSR count). The lowest BCUT2D eigenvalue weighted by Crippen LogP contribution is -2.30. The summed E-state index contributed by atoms with van der Waals surface area (Å²) in [5.74, 6) is -0.897. The Morgan fingerprint density at radius 3 is 1.00 bits per heavy atom. The number of carbonyl (C=O) groups is 3. The topological polar surface area (TPSA) is 78.9 Å². The highest BCUT2D eigenvalue weighted by Gasteiger charge is 2.19. The highest BCUT2D eigenvalue weighted by Crippen LogP contribution is 2.14. The molecule has 0 aromatic heterocycles. The van der Waals surface area contributed by atoms with Gasteiger partial charge in [-0.25, -0.2) is 0 Å². The number of carbonyl (C=O) groups excluding carboxylic acids is 3. The molecule has 0 saturated carbocycles. The van der Waals surface area contributed by atoms with Gasteiger partial charge < -0.3 is 14.2 Å². The second kappa shape index (κ2) is 46.3. The van der Waals surface area contributed by atoms with Gasteiger partial charge in [-0.3, -0.25) is 14.4 Å². The van der Waals surface area contributed by atoms with E-state index in [1.807, 2.05) is 0 Å². The molecule has 332 valence electrons. The normalized spacial score (nSPS) is 12.3. The number of hydrogen-bond acceptors (Lipinski definition) is 6. The molecule has 0 saturated heterocycles. The molecule has 0 aliphatic rings. The average molecular weight is 801 g/mol. The minimum atomic E-state index is -0.777. The zero-order chi connectivity index (χ0) is 41.5. The first-order valence-corrected chi connectivity index (χ1v) is 24.5. The lowest BCUT2D eigenvalue weighted by atomic mass is 10.1. The third-order valence-electron chi connectivity index (χ3n) is 10.6. The molecular formula is C51H92O6. The quantitative estimate of drug-likeness (QED) is 0.0264. The van der Waals surface area contributed by atoms with Gasteiger partial charge >= 0.3 is 17.9 Å². The highest BCUT2D eigenvalue weighted by atomic mass is 16.6. The van der Waals surface area contributed by atoms with Crippen LogP contribution in [0, 0.1) is 0 Å². The van der Waals surface area contributed by atoms with E-state index in [0.29, 0.717) is 19.3 Å². The molecule has 57 heavy (non-hydrogen) atoms. The highest BCUT2D eigenvalue weighted by molar-refractivity contribution is 5.71. The van der Waals surface area contributed by atoms with Crippen LogP contribution >= 0.6 is 0 Å². The van der Waals surface area contributed by atoms with Gasteiger partial charge in [-0.1, -0.05) is 192 Å². The van der Waals surface area contributed by atoms with Crippen LogP contribution in [0.25, 0.3) is 0 Å². The molecule has 6 heteroatoms. The summed E-state index contributed by atoms with van der Waals surface area (Å²) in [7, 11) is 0. The molecular weight excluding hydrogens is 709 g/mol. The first kappa shape index (κ1) is 54.6. The van der Waals surface area contributed by atoms with Crippen LogP contribution in [0.4, 0.5) is 0 Å². The minimum Gasteiger partial charge on any atom is -0.462 e. The third kappa shape index (κ3) is 44.6. The SMILES string of the molecule is CCCCCC/C=C\C/C=C\CCCCCCCC(=O)OCC(COC(=O)CCCCCCCCCCCC)OC(=O)CCCCCCC/C=C\CCCCCC. The van der Waals surface area contributed by atoms with Gasteiger partial charge in [0, 0.05) is 19.3 Å². The number of hydrogen-bond donors (Lipinski definition) is 0. The summed E-state index contributed by atoms with van der Waals surface area (Å²) in [6.45, 7) is 6.58. The first-order chi connectivity index (χ1) is 28.0. The van der Waals surface area contributed by atoms with E-state index in [1.165, 1.54) is 122 Å². The van der Waals surface area contributed by atoms with E-state index in [9.17, 15) is 14.4 Å². The maximum Gasteiger partial charge on any atom is 0.306 e. The minimum absolute atomic E-state index is 0.0779. The number of esters is 3. The van der Waals surface area contributed by atoms with Crippen LogP contribution in [-0.4, -0.2) is 37.2 Å². The van der Waals surface area contributed by atoms with Gasteiger partial charge in [0.25, 0.3) is 0 Å². The monoisotopic (exact) mass is 801 g/mol. The Bertz CT molecular complexity index is 969. The van der Waals surface area contributed by atoms with Crippen LogP contribution in [0.3, 0.4) is 0 Å². The van der Waals surface area contributed by atoms with Crippen molar-refractivity contribution in [1.82, 2.24) is 0 Å². The molecule has 0 bridgehead atoms. The van der Waals surface area contributed by atoms with Gasteiger partial charge in [0.1, 0.15) is 13.2 Å². The maximum absolute atomic E-state index is 12.7.